The molecule has 1 aliphatic rings. The van der Waals surface area contributed by atoms with Crippen molar-refractivity contribution in [2.75, 3.05) is 13.1 Å². The summed E-state index contributed by atoms with van der Waals surface area (Å²) >= 11 is 6.96. The van der Waals surface area contributed by atoms with Gasteiger partial charge in [-0.05, 0) is 25.0 Å². The third kappa shape index (κ3) is 2.44. The maximum absolute atomic E-state index is 12.2. The number of halogens is 1. The second-order valence-electron chi connectivity index (χ2n) is 4.77. The lowest BCUT2D eigenvalue weighted by Crippen LogP contribution is -2.63. The molecule has 1 fully saturated rings. The van der Waals surface area contributed by atoms with E-state index in [1.807, 2.05) is 6.92 Å². The summed E-state index contributed by atoms with van der Waals surface area (Å²) in [6.45, 7) is 4.11. The molecule has 18 heavy (non-hydrogen) atoms. The molecule has 2 rings (SSSR count). The number of nitrogens with zero attached hydrogens (tertiary/aromatic N) is 1. The Morgan fingerprint density at radius 2 is 2.17 bits per heavy atom. The number of hydrogen-bond acceptors (Lipinski definition) is 4. The maximum atomic E-state index is 12.2. The fourth-order valence-corrected chi connectivity index (χ4v) is 5.55. The van der Waals surface area contributed by atoms with Crippen LogP contribution in [0.1, 0.15) is 25.3 Å². The van der Waals surface area contributed by atoms with Gasteiger partial charge in [0.05, 0.1) is 9.94 Å². The van der Waals surface area contributed by atoms with Gasteiger partial charge in [0, 0.05) is 13.1 Å². The van der Waals surface area contributed by atoms with E-state index in [9.17, 15) is 13.5 Å². The zero-order valence-corrected chi connectivity index (χ0v) is 12.7. The average molecular weight is 310 g/mol. The summed E-state index contributed by atoms with van der Waals surface area (Å²) in [7, 11) is -3.49. The number of aryl methyl sites for hydroxylation is 1. The Kier molecular flexibility index (Phi) is 3.77. The van der Waals surface area contributed by atoms with Gasteiger partial charge in [-0.25, -0.2) is 8.42 Å². The Morgan fingerprint density at radius 3 is 2.61 bits per heavy atom. The molecule has 0 amide bonds. The van der Waals surface area contributed by atoms with Crippen molar-refractivity contribution in [2.45, 2.75) is 36.5 Å². The molecule has 1 aliphatic heterocycles. The van der Waals surface area contributed by atoms with Gasteiger partial charge in [-0.3, -0.25) is 0 Å². The molecule has 0 bridgehead atoms. The van der Waals surface area contributed by atoms with Gasteiger partial charge in [0.25, 0.3) is 10.0 Å². The highest BCUT2D eigenvalue weighted by atomic mass is 35.5. The lowest BCUT2D eigenvalue weighted by molar-refractivity contribution is -0.0652. The molecule has 0 spiro atoms. The van der Waals surface area contributed by atoms with E-state index >= 15 is 0 Å². The van der Waals surface area contributed by atoms with E-state index in [-0.39, 0.29) is 17.3 Å². The quantitative estimate of drug-likeness (QED) is 0.928. The van der Waals surface area contributed by atoms with E-state index in [2.05, 4.69) is 0 Å². The van der Waals surface area contributed by atoms with Crippen molar-refractivity contribution < 1.29 is 13.5 Å². The third-order valence-electron chi connectivity index (χ3n) is 3.09. The molecular formula is C11H16ClNO3S2. The van der Waals surface area contributed by atoms with Gasteiger partial charge in [0.15, 0.2) is 0 Å². The lowest BCUT2D eigenvalue weighted by atomic mass is 9.92. The van der Waals surface area contributed by atoms with Gasteiger partial charge in [-0.2, -0.15) is 4.31 Å². The molecule has 0 radical (unpaired) electrons. The van der Waals surface area contributed by atoms with Gasteiger partial charge >= 0.3 is 0 Å². The van der Waals surface area contributed by atoms with Crippen molar-refractivity contribution in [3.05, 3.63) is 16.0 Å². The summed E-state index contributed by atoms with van der Waals surface area (Å²) in [4.78, 5) is 0. The predicted octanol–water partition coefficient (Wildman–Crippen LogP) is 2.25. The molecule has 102 valence electrons. The monoisotopic (exact) mass is 309 g/mol. The van der Waals surface area contributed by atoms with Crippen LogP contribution in [0.2, 0.25) is 4.34 Å². The lowest BCUT2D eigenvalue weighted by Gasteiger charge is -2.45. The van der Waals surface area contributed by atoms with Crippen LogP contribution in [0, 0.1) is 6.92 Å². The standard InChI is InChI=1S/C11H16ClNO3S2/c1-3-4-11(14)6-13(7-11)18(15,16)9-5-8(2)10(12)17-9/h5,14H,3-4,6-7H2,1-2H3. The minimum atomic E-state index is -3.49. The van der Waals surface area contributed by atoms with Gasteiger partial charge < -0.3 is 5.11 Å². The van der Waals surface area contributed by atoms with Crippen molar-refractivity contribution in [1.29, 1.82) is 0 Å². The summed E-state index contributed by atoms with van der Waals surface area (Å²) in [5, 5.41) is 10.0. The molecule has 7 heteroatoms. The van der Waals surface area contributed by atoms with E-state index in [1.54, 1.807) is 13.0 Å². The zero-order valence-electron chi connectivity index (χ0n) is 10.3. The van der Waals surface area contributed by atoms with Gasteiger partial charge in [0.1, 0.15) is 4.21 Å². The summed E-state index contributed by atoms with van der Waals surface area (Å²) in [6.07, 6.45) is 1.47. The summed E-state index contributed by atoms with van der Waals surface area (Å²) in [5.41, 5.74) is -0.0812. The van der Waals surface area contributed by atoms with Crippen molar-refractivity contribution in [2.24, 2.45) is 0 Å². The first-order valence-corrected chi connectivity index (χ1v) is 8.40. The van der Waals surface area contributed by atoms with Gasteiger partial charge in [-0.15, -0.1) is 11.3 Å². The minimum Gasteiger partial charge on any atom is -0.387 e. The van der Waals surface area contributed by atoms with Crippen LogP contribution in [0.25, 0.3) is 0 Å². The summed E-state index contributed by atoms with van der Waals surface area (Å²) in [6, 6.07) is 1.58. The zero-order chi connectivity index (χ0) is 13.6. The van der Waals surface area contributed by atoms with E-state index in [4.69, 9.17) is 11.6 Å². The summed E-state index contributed by atoms with van der Waals surface area (Å²) < 4.78 is 26.5. The van der Waals surface area contributed by atoms with Crippen LogP contribution >= 0.6 is 22.9 Å². The first kappa shape index (κ1) is 14.3. The van der Waals surface area contributed by atoms with Gasteiger partial charge in [-0.1, -0.05) is 24.9 Å². The van der Waals surface area contributed by atoms with Crippen LogP contribution in [0.3, 0.4) is 0 Å². The second-order valence-corrected chi connectivity index (χ2v) is 8.59. The number of aliphatic hydroxyl groups is 1. The van der Waals surface area contributed by atoms with E-state index < -0.39 is 15.6 Å². The molecule has 0 unspecified atom stereocenters. The number of sulfonamides is 1. The third-order valence-corrected chi connectivity index (χ3v) is 6.88. The first-order valence-electron chi connectivity index (χ1n) is 5.77. The Morgan fingerprint density at radius 1 is 1.56 bits per heavy atom. The molecule has 1 aromatic rings. The fourth-order valence-electron chi connectivity index (χ4n) is 2.09. The average Bonchev–Trinajstić information content (AvgIpc) is 2.56. The van der Waals surface area contributed by atoms with Crippen LogP contribution in [0.4, 0.5) is 0 Å². The van der Waals surface area contributed by atoms with Crippen LogP contribution in [-0.4, -0.2) is 36.5 Å². The summed E-state index contributed by atoms with van der Waals surface area (Å²) in [5.74, 6) is 0. The van der Waals surface area contributed by atoms with E-state index in [0.29, 0.717) is 10.8 Å². The maximum Gasteiger partial charge on any atom is 0.252 e. The molecule has 0 aliphatic carbocycles. The first-order chi connectivity index (χ1) is 8.28. The Hall–Kier alpha value is -0.140. The molecular weight excluding hydrogens is 294 g/mol. The highest BCUT2D eigenvalue weighted by molar-refractivity contribution is 7.91. The van der Waals surface area contributed by atoms with Crippen molar-refractivity contribution in [3.63, 3.8) is 0 Å². The Balaban J connectivity index is 2.15. The number of β-amino-alcohol motifs (C(OH)–C–C–N with tert-alkyl or cyclic N) is 1. The van der Waals surface area contributed by atoms with E-state index in [0.717, 1.165) is 23.3 Å². The Labute approximate surface area is 116 Å². The topological polar surface area (TPSA) is 57.6 Å². The highest BCUT2D eigenvalue weighted by Gasteiger charge is 2.46. The van der Waals surface area contributed by atoms with Crippen LogP contribution in [0.15, 0.2) is 10.3 Å². The normalized spacial score (nSPS) is 19.8. The second kappa shape index (κ2) is 4.76. The van der Waals surface area contributed by atoms with Crippen molar-refractivity contribution in [1.82, 2.24) is 4.31 Å². The molecule has 2 heterocycles. The number of rotatable bonds is 4. The molecule has 0 aromatic carbocycles. The molecule has 0 atom stereocenters. The molecule has 4 nitrogen and oxygen atoms in total. The minimum absolute atomic E-state index is 0.178. The van der Waals surface area contributed by atoms with Gasteiger partial charge in [0.2, 0.25) is 0 Å². The molecule has 0 saturated carbocycles. The largest absolute Gasteiger partial charge is 0.387 e. The van der Waals surface area contributed by atoms with Crippen LogP contribution < -0.4 is 0 Å². The van der Waals surface area contributed by atoms with Crippen LogP contribution in [0.5, 0.6) is 0 Å². The smallest absolute Gasteiger partial charge is 0.252 e. The van der Waals surface area contributed by atoms with Crippen molar-refractivity contribution >= 4 is 33.0 Å². The van der Waals surface area contributed by atoms with Crippen molar-refractivity contribution in [3.8, 4) is 0 Å². The SMILES string of the molecule is CCCC1(O)CN(S(=O)(=O)c2cc(C)c(Cl)s2)C1. The van der Waals surface area contributed by atoms with Crippen LogP contribution in [-0.2, 0) is 10.0 Å². The number of thiophene rings is 1. The Bertz CT molecular complexity index is 527. The molecule has 1 saturated heterocycles. The van der Waals surface area contributed by atoms with E-state index in [1.165, 1.54) is 4.31 Å². The predicted molar refractivity (Wildman–Crippen MR) is 72.7 cm³/mol. The molecule has 1 N–H and O–H groups in total. The molecule has 1 aromatic heterocycles. The number of hydrogen-bond donors (Lipinski definition) is 1. The highest BCUT2D eigenvalue weighted by Crippen LogP contribution is 2.36. The fraction of sp³-hybridized carbons (Fsp3) is 0.636.